The minimum atomic E-state index is -2.42. The molecule has 5 rings (SSSR count). The molecule has 9 nitrogen and oxygen atoms in total. The van der Waals surface area contributed by atoms with Gasteiger partial charge in [0.1, 0.15) is 17.2 Å². The molecule has 1 amide bonds. The van der Waals surface area contributed by atoms with Gasteiger partial charge in [-0.15, -0.1) is 0 Å². The number of fused-ring (bicyclic) bond motifs is 3. The summed E-state index contributed by atoms with van der Waals surface area (Å²) < 4.78 is 22.6. The molecule has 9 heteroatoms. The van der Waals surface area contributed by atoms with Crippen LogP contribution in [-0.2, 0) is 18.4 Å². The van der Waals surface area contributed by atoms with Gasteiger partial charge in [0.2, 0.25) is 5.91 Å². The van der Waals surface area contributed by atoms with Crippen molar-refractivity contribution in [2.45, 2.75) is 39.6 Å². The lowest BCUT2D eigenvalue weighted by molar-refractivity contribution is -0.117. The number of amides is 1. The summed E-state index contributed by atoms with van der Waals surface area (Å²) in [5.74, 6) is -0.383. The Hall–Kier alpha value is -3.75. The van der Waals surface area contributed by atoms with Crippen molar-refractivity contribution in [3.63, 3.8) is 0 Å². The van der Waals surface area contributed by atoms with Crippen LogP contribution in [-0.4, -0.2) is 38.2 Å². The molecule has 1 fully saturated rings. The van der Waals surface area contributed by atoms with Crippen molar-refractivity contribution < 1.29 is 13.7 Å². The van der Waals surface area contributed by atoms with Crippen molar-refractivity contribution in [2.75, 3.05) is 22.1 Å². The second-order valence-electron chi connectivity index (χ2n) is 8.30. The van der Waals surface area contributed by atoms with Crippen molar-refractivity contribution in [2.24, 2.45) is 13.0 Å². The molecule has 1 saturated carbocycles. The Balaban J connectivity index is 1.56. The molecule has 0 saturated heterocycles. The number of carbonyl (C=O) groups excluding carboxylic acids is 2. The maximum Gasteiger partial charge on any atom is 0.228 e. The van der Waals surface area contributed by atoms with Gasteiger partial charge >= 0.3 is 0 Å². The van der Waals surface area contributed by atoms with E-state index < -0.39 is 19.1 Å². The number of aryl methyl sites for hydroxylation is 1. The molecule has 0 bridgehead atoms. The molecule has 0 atom stereocenters. The van der Waals surface area contributed by atoms with E-state index in [1.807, 2.05) is 25.1 Å². The minimum Gasteiger partial charge on any atom is -0.364 e. The summed E-state index contributed by atoms with van der Waals surface area (Å²) in [6.45, 7) is 0.923. The molecule has 0 spiro atoms. The minimum absolute atomic E-state index is 0.0134. The zero-order valence-electron chi connectivity index (χ0n) is 21.6. The first-order valence-electron chi connectivity index (χ1n) is 12.5. The molecular formula is C24H27N7O2. The first-order valence-corrected chi connectivity index (χ1v) is 11.0. The molecule has 0 radical (unpaired) electrons. The van der Waals surface area contributed by atoms with Gasteiger partial charge in [-0.1, -0.05) is 19.0 Å². The van der Waals surface area contributed by atoms with Gasteiger partial charge in [0.25, 0.3) is 0 Å². The summed E-state index contributed by atoms with van der Waals surface area (Å²) in [7, 11) is 1.79. The number of aromatic nitrogens is 4. The summed E-state index contributed by atoms with van der Waals surface area (Å²) in [6.07, 6.45) is 2.40. The molecule has 33 heavy (non-hydrogen) atoms. The van der Waals surface area contributed by atoms with E-state index in [2.05, 4.69) is 30.7 Å². The monoisotopic (exact) mass is 448 g/mol. The van der Waals surface area contributed by atoms with E-state index in [-0.39, 0.29) is 17.4 Å². The van der Waals surface area contributed by atoms with Crippen LogP contribution in [0.5, 0.6) is 0 Å². The highest BCUT2D eigenvalue weighted by atomic mass is 16.2. The summed E-state index contributed by atoms with van der Waals surface area (Å²) in [5.41, 5.74) is 4.73. The number of pyridine rings is 1. The number of carbonyl (C=O) groups is 2. The zero-order valence-corrected chi connectivity index (χ0v) is 18.6. The maximum absolute atomic E-state index is 12.9. The van der Waals surface area contributed by atoms with Crippen molar-refractivity contribution in [3.05, 3.63) is 41.7 Å². The molecule has 170 valence electrons. The van der Waals surface area contributed by atoms with Gasteiger partial charge in [-0.2, -0.15) is 15.0 Å². The first kappa shape index (κ1) is 17.8. The summed E-state index contributed by atoms with van der Waals surface area (Å²) in [6, 6.07) is 7.34. The fourth-order valence-corrected chi connectivity index (χ4v) is 4.13. The Labute approximate surface area is 196 Å². The largest absolute Gasteiger partial charge is 0.364 e. The fourth-order valence-electron chi connectivity index (χ4n) is 4.13. The SMILES string of the molecule is [2H]C([2H])([2H])CC(=O)c1cnc(NC(=O)C2CC2)cc1Nc1cccc2c1N(CC)Cc1nn(C)nc1-2. The predicted molar refractivity (Wildman–Crippen MR) is 127 cm³/mol. The van der Waals surface area contributed by atoms with Crippen LogP contribution in [0.2, 0.25) is 0 Å². The van der Waals surface area contributed by atoms with E-state index in [1.165, 1.54) is 6.20 Å². The molecule has 1 aliphatic carbocycles. The first-order chi connectivity index (χ1) is 17.1. The van der Waals surface area contributed by atoms with Gasteiger partial charge in [0, 0.05) is 47.9 Å². The van der Waals surface area contributed by atoms with Crippen LogP contribution in [0.15, 0.2) is 30.5 Å². The summed E-state index contributed by atoms with van der Waals surface area (Å²) in [4.78, 5) is 33.2. The van der Waals surface area contributed by atoms with E-state index in [1.54, 1.807) is 17.9 Å². The lowest BCUT2D eigenvalue weighted by atomic mass is 10.00. The van der Waals surface area contributed by atoms with Gasteiger partial charge in [-0.05, 0) is 25.8 Å². The summed E-state index contributed by atoms with van der Waals surface area (Å²) in [5, 5.41) is 15.2. The van der Waals surface area contributed by atoms with E-state index in [4.69, 9.17) is 4.11 Å². The van der Waals surface area contributed by atoms with Crippen LogP contribution < -0.4 is 15.5 Å². The van der Waals surface area contributed by atoms with Crippen molar-refractivity contribution >= 4 is 34.6 Å². The van der Waals surface area contributed by atoms with Gasteiger partial charge in [0.15, 0.2) is 5.78 Å². The molecule has 1 aromatic carbocycles. The highest BCUT2D eigenvalue weighted by Gasteiger charge is 2.30. The van der Waals surface area contributed by atoms with Crippen LogP contribution in [0, 0.1) is 5.92 Å². The quantitative estimate of drug-likeness (QED) is 0.528. The third-order valence-corrected chi connectivity index (χ3v) is 5.95. The van der Waals surface area contributed by atoms with Crippen LogP contribution >= 0.6 is 0 Å². The van der Waals surface area contributed by atoms with Gasteiger partial charge in [-0.25, -0.2) is 4.98 Å². The number of anilines is 4. The van der Waals surface area contributed by atoms with Crippen LogP contribution in [0.25, 0.3) is 11.3 Å². The van der Waals surface area contributed by atoms with Crippen LogP contribution in [0.1, 0.15) is 53.2 Å². The van der Waals surface area contributed by atoms with Crippen molar-refractivity contribution in [3.8, 4) is 11.3 Å². The Morgan fingerprint density at radius 1 is 1.24 bits per heavy atom. The number of nitrogens with one attached hydrogen (secondary N) is 2. The van der Waals surface area contributed by atoms with Gasteiger partial charge in [-0.3, -0.25) is 9.59 Å². The fraction of sp³-hybridized carbons (Fsp3) is 0.375. The average Bonchev–Trinajstić information content (AvgIpc) is 3.59. The second-order valence-corrected chi connectivity index (χ2v) is 8.30. The lowest BCUT2D eigenvalue weighted by Crippen LogP contribution is -2.27. The summed E-state index contributed by atoms with van der Waals surface area (Å²) >= 11 is 0. The third-order valence-electron chi connectivity index (χ3n) is 5.95. The average molecular weight is 449 g/mol. The molecule has 2 aliphatic rings. The van der Waals surface area contributed by atoms with E-state index in [0.29, 0.717) is 24.6 Å². The predicted octanol–water partition coefficient (Wildman–Crippen LogP) is 3.90. The number of hydrogen-bond acceptors (Lipinski definition) is 7. The second kappa shape index (κ2) is 8.31. The molecular weight excluding hydrogens is 418 g/mol. The van der Waals surface area contributed by atoms with E-state index in [9.17, 15) is 9.59 Å². The molecule has 1 aliphatic heterocycles. The highest BCUT2D eigenvalue weighted by molar-refractivity contribution is 6.03. The maximum atomic E-state index is 12.9. The Morgan fingerprint density at radius 3 is 2.85 bits per heavy atom. The van der Waals surface area contributed by atoms with Gasteiger partial charge < -0.3 is 15.5 Å². The van der Waals surface area contributed by atoms with Crippen molar-refractivity contribution in [1.29, 1.82) is 0 Å². The Bertz CT molecular complexity index is 1350. The normalized spacial score (nSPS) is 16.2. The topological polar surface area (TPSA) is 105 Å². The van der Waals surface area contributed by atoms with Crippen molar-refractivity contribution in [1.82, 2.24) is 20.0 Å². The smallest absolute Gasteiger partial charge is 0.228 e. The lowest BCUT2D eigenvalue weighted by Gasteiger charge is -2.31. The number of hydrogen-bond donors (Lipinski definition) is 2. The molecule has 2 N–H and O–H groups in total. The number of Topliss-reactive ketones (excluding diaryl/α,β-unsaturated/α-hetero) is 1. The third kappa shape index (κ3) is 3.94. The molecule has 3 aromatic rings. The van der Waals surface area contributed by atoms with Crippen LogP contribution in [0.4, 0.5) is 22.9 Å². The number of nitrogens with zero attached hydrogens (tertiary/aromatic N) is 5. The van der Waals surface area contributed by atoms with E-state index in [0.717, 1.165) is 41.2 Å². The molecule has 2 aromatic heterocycles. The highest BCUT2D eigenvalue weighted by Crippen LogP contribution is 2.43. The van der Waals surface area contributed by atoms with Crippen LogP contribution in [0.3, 0.4) is 0 Å². The number of ketones is 1. The Morgan fingerprint density at radius 2 is 2.09 bits per heavy atom. The van der Waals surface area contributed by atoms with Gasteiger partial charge in [0.05, 0.1) is 29.2 Å². The molecule has 3 heterocycles. The zero-order chi connectivity index (χ0) is 25.6. The number of para-hydroxylation sites is 1. The molecule has 0 unspecified atom stereocenters. The number of rotatable bonds is 7. The van der Waals surface area contributed by atoms with E-state index >= 15 is 0 Å². The number of benzene rings is 1. The standard InChI is InChI=1S/C24H27N7O2/c1-4-20(32)16-12-25-21(27-24(33)14-9-10-14)11-18(16)26-17-8-6-7-15-22-19(28-30(3)29-22)13-31(5-2)23(15)17/h6-8,11-12,14H,4-5,9-10,13H2,1-3H3,(H2,25,26,27,33)/i1D3. The Kier molecular flexibility index (Phi) is 4.47.